The Hall–Kier alpha value is -3.13. The lowest BCUT2D eigenvalue weighted by Crippen LogP contribution is -2.70. The average Bonchev–Trinajstić information content (AvgIpc) is 3.26. The summed E-state index contributed by atoms with van der Waals surface area (Å²) in [6.45, 7) is 7.97. The standard InChI is InChI=1S/C25H31FN8O/c1-4-18-13-33(24-22(26)25(35)30-21-14-32(10-7-27)31-23(21)24)15(2)12-34(18)16(3)17-5-6-19-20(11-17)29-9-8-28-19/h5-6,8-9,11,14-16,18,22-24,31H,4,10,12-13H2,1-3H3,(H,30,35)/t15-,16+,18+,22?,23?,24?/m0/s1. The fraction of sp³-hybridized carbons (Fsp3) is 0.520. The van der Waals surface area contributed by atoms with Crippen molar-refractivity contribution in [2.75, 3.05) is 19.6 Å². The number of benzene rings is 1. The number of nitriles is 1. The van der Waals surface area contributed by atoms with E-state index in [0.717, 1.165) is 24.0 Å². The Kier molecular flexibility index (Phi) is 6.40. The lowest BCUT2D eigenvalue weighted by molar-refractivity contribution is -0.133. The molecule has 3 aliphatic rings. The molecular weight excluding hydrogens is 447 g/mol. The Balaban J connectivity index is 1.38. The Morgan fingerprint density at radius 3 is 2.77 bits per heavy atom. The molecule has 0 radical (unpaired) electrons. The zero-order chi connectivity index (χ0) is 24.7. The maximum atomic E-state index is 15.4. The Morgan fingerprint density at radius 1 is 1.26 bits per heavy atom. The topological polar surface area (TPSA) is 100 Å². The molecule has 2 N–H and O–H groups in total. The second-order valence-corrected chi connectivity index (χ2v) is 9.64. The van der Waals surface area contributed by atoms with E-state index in [-0.39, 0.29) is 24.7 Å². The molecule has 1 aromatic heterocycles. The van der Waals surface area contributed by atoms with E-state index in [1.54, 1.807) is 23.6 Å². The van der Waals surface area contributed by atoms with Gasteiger partial charge in [0.2, 0.25) is 0 Å². The van der Waals surface area contributed by atoms with Crippen molar-refractivity contribution in [1.29, 1.82) is 5.26 Å². The van der Waals surface area contributed by atoms with Crippen molar-refractivity contribution in [1.82, 2.24) is 35.5 Å². The lowest BCUT2D eigenvalue weighted by Gasteiger charge is -2.52. The predicted molar refractivity (Wildman–Crippen MR) is 129 cm³/mol. The summed E-state index contributed by atoms with van der Waals surface area (Å²) in [5.41, 5.74) is 6.76. The van der Waals surface area contributed by atoms with Crippen LogP contribution in [0.4, 0.5) is 4.39 Å². The number of carbonyl (C=O) groups is 1. The second kappa shape index (κ2) is 9.49. The van der Waals surface area contributed by atoms with Gasteiger partial charge in [0.05, 0.1) is 34.9 Å². The average molecular weight is 479 g/mol. The van der Waals surface area contributed by atoms with Crippen LogP contribution in [-0.2, 0) is 4.79 Å². The molecule has 0 bridgehead atoms. The van der Waals surface area contributed by atoms with Crippen molar-refractivity contribution in [3.8, 4) is 6.07 Å². The number of fused-ring (bicyclic) bond motifs is 2. The van der Waals surface area contributed by atoms with Gasteiger partial charge in [0.15, 0.2) is 6.17 Å². The van der Waals surface area contributed by atoms with Gasteiger partial charge in [-0.2, -0.15) is 5.26 Å². The Bertz CT molecular complexity index is 1180. The van der Waals surface area contributed by atoms with E-state index >= 15 is 4.39 Å². The number of carbonyl (C=O) groups excluding carboxylic acids is 1. The highest BCUT2D eigenvalue weighted by molar-refractivity contribution is 5.85. The molecule has 0 aliphatic carbocycles. The minimum atomic E-state index is -1.66. The highest BCUT2D eigenvalue weighted by atomic mass is 19.1. The number of amides is 1. The zero-order valence-electron chi connectivity index (χ0n) is 20.2. The van der Waals surface area contributed by atoms with Gasteiger partial charge in [-0.25, -0.2) is 9.82 Å². The van der Waals surface area contributed by atoms with Crippen LogP contribution in [0.1, 0.15) is 38.8 Å². The number of piperazine rings is 1. The first-order valence-corrected chi connectivity index (χ1v) is 12.2. The van der Waals surface area contributed by atoms with Crippen molar-refractivity contribution in [2.45, 2.75) is 63.6 Å². The summed E-state index contributed by atoms with van der Waals surface area (Å²) < 4.78 is 15.4. The Morgan fingerprint density at radius 2 is 2.03 bits per heavy atom. The number of nitrogens with one attached hydrogen (secondary N) is 2. The molecule has 0 saturated carbocycles. The maximum absolute atomic E-state index is 15.4. The predicted octanol–water partition coefficient (Wildman–Crippen LogP) is 1.87. The van der Waals surface area contributed by atoms with Crippen LogP contribution in [-0.4, -0.2) is 80.7 Å². The molecule has 3 unspecified atom stereocenters. The normalized spacial score (nSPS) is 30.5. The number of aromatic nitrogens is 2. The van der Waals surface area contributed by atoms with Crippen LogP contribution in [0, 0.1) is 11.3 Å². The summed E-state index contributed by atoms with van der Waals surface area (Å²) >= 11 is 0. The second-order valence-electron chi connectivity index (χ2n) is 9.64. The van der Waals surface area contributed by atoms with Crippen LogP contribution >= 0.6 is 0 Å². The van der Waals surface area contributed by atoms with E-state index in [1.165, 1.54) is 5.56 Å². The number of piperidine rings is 1. The third kappa shape index (κ3) is 4.24. The summed E-state index contributed by atoms with van der Waals surface area (Å²) in [6, 6.07) is 7.64. The minimum Gasteiger partial charge on any atom is -0.324 e. The number of hydrogen-bond acceptors (Lipinski definition) is 8. The van der Waals surface area contributed by atoms with E-state index in [9.17, 15) is 4.79 Å². The molecule has 3 aliphatic heterocycles. The summed E-state index contributed by atoms with van der Waals surface area (Å²) in [4.78, 5) is 25.9. The zero-order valence-corrected chi connectivity index (χ0v) is 20.2. The molecule has 9 nitrogen and oxygen atoms in total. The van der Waals surface area contributed by atoms with Crippen LogP contribution in [0.2, 0.25) is 0 Å². The van der Waals surface area contributed by atoms with Gasteiger partial charge in [0.25, 0.3) is 5.91 Å². The maximum Gasteiger partial charge on any atom is 0.260 e. The van der Waals surface area contributed by atoms with E-state index in [1.807, 2.05) is 6.07 Å². The van der Waals surface area contributed by atoms with Crippen molar-refractivity contribution in [2.24, 2.45) is 0 Å². The summed E-state index contributed by atoms with van der Waals surface area (Å²) in [7, 11) is 0. The quantitative estimate of drug-likeness (QED) is 0.629. The first-order chi connectivity index (χ1) is 16.9. The number of halogens is 1. The van der Waals surface area contributed by atoms with Crippen LogP contribution in [0.15, 0.2) is 42.5 Å². The molecule has 6 atom stereocenters. The molecule has 184 valence electrons. The van der Waals surface area contributed by atoms with Gasteiger partial charge in [-0.3, -0.25) is 29.6 Å². The fourth-order valence-electron chi connectivity index (χ4n) is 5.74. The molecule has 1 aromatic carbocycles. The van der Waals surface area contributed by atoms with Crippen LogP contribution < -0.4 is 10.7 Å². The molecule has 0 spiro atoms. The SMILES string of the molecule is CC[C@@H]1CN(C2C(F)C(=O)NC3=CN(CC#N)NC32)[C@@H](C)CN1[C@H](C)c1ccc2nccnc2c1. The van der Waals surface area contributed by atoms with Crippen LogP contribution in [0.3, 0.4) is 0 Å². The number of hydrazine groups is 1. The molecular formula is C25H31FN8O. The molecule has 1 amide bonds. The van der Waals surface area contributed by atoms with Crippen molar-refractivity contribution in [3.05, 3.63) is 48.1 Å². The van der Waals surface area contributed by atoms with Gasteiger partial charge in [-0.05, 0) is 38.0 Å². The summed E-state index contributed by atoms with van der Waals surface area (Å²) in [5, 5.41) is 13.4. The van der Waals surface area contributed by atoms with Crippen LogP contribution in [0.5, 0.6) is 0 Å². The van der Waals surface area contributed by atoms with Gasteiger partial charge in [-0.15, -0.1) is 0 Å². The van der Waals surface area contributed by atoms with Gasteiger partial charge >= 0.3 is 0 Å². The molecule has 2 aromatic rings. The van der Waals surface area contributed by atoms with Gasteiger partial charge in [0, 0.05) is 49.8 Å². The smallest absolute Gasteiger partial charge is 0.260 e. The minimum absolute atomic E-state index is 0.0303. The summed E-state index contributed by atoms with van der Waals surface area (Å²) in [6.07, 6.45) is 4.35. The molecule has 35 heavy (non-hydrogen) atoms. The van der Waals surface area contributed by atoms with E-state index in [2.05, 4.69) is 69.5 Å². The molecule has 5 rings (SSSR count). The van der Waals surface area contributed by atoms with Gasteiger partial charge < -0.3 is 5.32 Å². The number of rotatable bonds is 5. The number of nitrogens with zero attached hydrogens (tertiary/aromatic N) is 6. The van der Waals surface area contributed by atoms with Crippen LogP contribution in [0.25, 0.3) is 11.0 Å². The highest BCUT2D eigenvalue weighted by Crippen LogP contribution is 2.34. The van der Waals surface area contributed by atoms with Crippen molar-refractivity contribution >= 4 is 16.9 Å². The lowest BCUT2D eigenvalue weighted by atomic mass is 9.90. The number of alkyl halides is 1. The van der Waals surface area contributed by atoms with Crippen molar-refractivity contribution in [3.63, 3.8) is 0 Å². The van der Waals surface area contributed by atoms with E-state index in [4.69, 9.17) is 5.26 Å². The fourth-order valence-corrected chi connectivity index (χ4v) is 5.74. The van der Waals surface area contributed by atoms with E-state index < -0.39 is 24.2 Å². The largest absolute Gasteiger partial charge is 0.324 e. The third-order valence-electron chi connectivity index (χ3n) is 7.59. The number of hydrogen-bond donors (Lipinski definition) is 2. The molecule has 2 fully saturated rings. The first kappa shape index (κ1) is 23.6. The summed E-state index contributed by atoms with van der Waals surface area (Å²) in [5.74, 6) is -0.619. The highest BCUT2D eigenvalue weighted by Gasteiger charge is 2.50. The van der Waals surface area contributed by atoms with Crippen molar-refractivity contribution < 1.29 is 9.18 Å². The monoisotopic (exact) mass is 478 g/mol. The molecule has 4 heterocycles. The third-order valence-corrected chi connectivity index (χ3v) is 7.59. The Labute approximate surface area is 204 Å². The first-order valence-electron chi connectivity index (χ1n) is 12.2. The van der Waals surface area contributed by atoms with Gasteiger partial charge in [0.1, 0.15) is 6.54 Å². The molecule has 10 heteroatoms. The van der Waals surface area contributed by atoms with E-state index in [0.29, 0.717) is 12.2 Å². The van der Waals surface area contributed by atoms with Gasteiger partial charge in [-0.1, -0.05) is 13.0 Å². The molecule has 2 saturated heterocycles.